The van der Waals surface area contributed by atoms with Crippen molar-refractivity contribution >= 4 is 11.8 Å². The lowest BCUT2D eigenvalue weighted by atomic mass is 9.81. The van der Waals surface area contributed by atoms with Gasteiger partial charge < -0.3 is 14.7 Å². The molecule has 1 aliphatic rings. The first-order valence-corrected chi connectivity index (χ1v) is 7.57. The van der Waals surface area contributed by atoms with Crippen LogP contribution in [-0.4, -0.2) is 41.4 Å². The van der Waals surface area contributed by atoms with E-state index in [0.717, 1.165) is 0 Å². The summed E-state index contributed by atoms with van der Waals surface area (Å²) >= 11 is 0. The maximum absolute atomic E-state index is 12.0. The van der Waals surface area contributed by atoms with Crippen molar-refractivity contribution in [2.75, 3.05) is 24.6 Å². The maximum Gasteiger partial charge on any atom is 0.341 e. The van der Waals surface area contributed by atoms with Gasteiger partial charge in [-0.25, -0.2) is 9.78 Å². The van der Waals surface area contributed by atoms with Gasteiger partial charge in [0.25, 0.3) is 0 Å². The zero-order chi connectivity index (χ0) is 15.5. The molecule has 116 valence electrons. The van der Waals surface area contributed by atoms with E-state index in [0.29, 0.717) is 43.9 Å². The molecule has 2 heterocycles. The first kappa shape index (κ1) is 15.8. The monoisotopic (exact) mass is 292 g/mol. The molecule has 0 atom stereocenters. The molecule has 0 saturated carbocycles. The Labute approximate surface area is 125 Å². The number of piperidine rings is 1. The van der Waals surface area contributed by atoms with Crippen molar-refractivity contribution in [2.24, 2.45) is 5.92 Å². The Morgan fingerprint density at radius 1 is 1.48 bits per heavy atom. The van der Waals surface area contributed by atoms with E-state index < -0.39 is 5.60 Å². The summed E-state index contributed by atoms with van der Waals surface area (Å²) in [5.74, 6) is 0.542. The van der Waals surface area contributed by atoms with Crippen LogP contribution in [0.2, 0.25) is 0 Å². The highest BCUT2D eigenvalue weighted by Crippen LogP contribution is 2.32. The number of hydrogen-bond donors (Lipinski definition) is 1. The lowest BCUT2D eigenvalue weighted by Gasteiger charge is -2.41. The highest BCUT2D eigenvalue weighted by atomic mass is 16.5. The van der Waals surface area contributed by atoms with Gasteiger partial charge >= 0.3 is 5.97 Å². The molecular formula is C16H24N2O3. The summed E-state index contributed by atoms with van der Waals surface area (Å²) in [6.07, 6.45) is 3.05. The number of carbonyl (C=O) groups excluding carboxylic acids is 1. The topological polar surface area (TPSA) is 62.7 Å². The molecule has 1 N–H and O–H groups in total. The fourth-order valence-corrected chi connectivity index (χ4v) is 2.70. The first-order valence-electron chi connectivity index (χ1n) is 7.57. The van der Waals surface area contributed by atoms with Gasteiger partial charge in [0.15, 0.2) is 0 Å². The molecule has 0 amide bonds. The lowest BCUT2D eigenvalue weighted by Crippen LogP contribution is -2.48. The smallest absolute Gasteiger partial charge is 0.341 e. The van der Waals surface area contributed by atoms with Crippen molar-refractivity contribution in [3.63, 3.8) is 0 Å². The van der Waals surface area contributed by atoms with Crippen LogP contribution in [0.3, 0.4) is 0 Å². The molecule has 1 aromatic heterocycles. The standard InChI is InChI=1S/C16H24N2O3/c1-4-21-15(19)13-6-5-9-17-14(13)18-10-7-16(20,8-11-18)12(2)3/h5-6,9,12,20H,4,7-8,10-11H2,1-3H3. The third-order valence-electron chi connectivity index (χ3n) is 4.29. The molecule has 0 aromatic carbocycles. The van der Waals surface area contributed by atoms with E-state index in [9.17, 15) is 9.90 Å². The van der Waals surface area contributed by atoms with Crippen molar-refractivity contribution in [1.29, 1.82) is 0 Å². The van der Waals surface area contributed by atoms with Gasteiger partial charge in [0, 0.05) is 19.3 Å². The summed E-state index contributed by atoms with van der Waals surface area (Å²) in [5.41, 5.74) is -0.121. The summed E-state index contributed by atoms with van der Waals surface area (Å²) in [6, 6.07) is 3.48. The fourth-order valence-electron chi connectivity index (χ4n) is 2.70. The van der Waals surface area contributed by atoms with E-state index in [1.54, 1.807) is 25.3 Å². The molecule has 0 unspecified atom stereocenters. The number of rotatable bonds is 4. The van der Waals surface area contributed by atoms with Crippen LogP contribution in [0.5, 0.6) is 0 Å². The summed E-state index contributed by atoms with van der Waals surface area (Å²) in [7, 11) is 0. The van der Waals surface area contributed by atoms with Crippen LogP contribution < -0.4 is 4.90 Å². The summed E-state index contributed by atoms with van der Waals surface area (Å²) in [5, 5.41) is 10.5. The number of anilines is 1. The Kier molecular flexibility index (Phi) is 4.83. The van der Waals surface area contributed by atoms with Crippen LogP contribution in [-0.2, 0) is 4.74 Å². The Morgan fingerprint density at radius 2 is 2.14 bits per heavy atom. The van der Waals surface area contributed by atoms with Gasteiger partial charge in [0.2, 0.25) is 0 Å². The summed E-state index contributed by atoms with van der Waals surface area (Å²) < 4.78 is 5.08. The largest absolute Gasteiger partial charge is 0.462 e. The zero-order valence-electron chi connectivity index (χ0n) is 13.0. The second kappa shape index (κ2) is 6.43. The average Bonchev–Trinajstić information content (AvgIpc) is 2.48. The molecule has 0 aliphatic carbocycles. The molecule has 0 bridgehead atoms. The number of carbonyl (C=O) groups is 1. The quantitative estimate of drug-likeness (QED) is 0.862. The molecule has 1 fully saturated rings. The molecule has 5 heteroatoms. The minimum Gasteiger partial charge on any atom is -0.462 e. The fraction of sp³-hybridized carbons (Fsp3) is 0.625. The van der Waals surface area contributed by atoms with Crippen LogP contribution in [0.1, 0.15) is 44.0 Å². The van der Waals surface area contributed by atoms with Crippen LogP contribution in [0.25, 0.3) is 0 Å². The normalized spacial score (nSPS) is 17.9. The number of pyridine rings is 1. The Balaban J connectivity index is 2.15. The number of aromatic nitrogens is 1. The van der Waals surface area contributed by atoms with Crippen molar-refractivity contribution in [3.8, 4) is 0 Å². The van der Waals surface area contributed by atoms with Crippen LogP contribution in [0.15, 0.2) is 18.3 Å². The van der Waals surface area contributed by atoms with Crippen molar-refractivity contribution in [1.82, 2.24) is 4.98 Å². The Morgan fingerprint density at radius 3 is 2.71 bits per heavy atom. The van der Waals surface area contributed by atoms with E-state index in [-0.39, 0.29) is 11.9 Å². The van der Waals surface area contributed by atoms with Gasteiger partial charge in [-0.05, 0) is 37.8 Å². The molecular weight excluding hydrogens is 268 g/mol. The molecule has 1 saturated heterocycles. The number of ether oxygens (including phenoxy) is 1. The highest BCUT2D eigenvalue weighted by Gasteiger charge is 2.36. The molecule has 0 radical (unpaired) electrons. The molecule has 1 aliphatic heterocycles. The van der Waals surface area contributed by atoms with Gasteiger partial charge in [-0.3, -0.25) is 0 Å². The summed E-state index contributed by atoms with van der Waals surface area (Å²) in [6.45, 7) is 7.61. The van der Waals surface area contributed by atoms with Gasteiger partial charge in [-0.15, -0.1) is 0 Å². The minimum atomic E-state index is -0.616. The maximum atomic E-state index is 12.0. The summed E-state index contributed by atoms with van der Waals surface area (Å²) in [4.78, 5) is 18.4. The zero-order valence-corrected chi connectivity index (χ0v) is 13.0. The van der Waals surface area contributed by atoms with Crippen molar-refractivity contribution in [2.45, 2.75) is 39.2 Å². The minimum absolute atomic E-state index is 0.230. The Hall–Kier alpha value is -1.62. The van der Waals surface area contributed by atoms with Gasteiger partial charge in [0.1, 0.15) is 11.4 Å². The van der Waals surface area contributed by atoms with E-state index in [4.69, 9.17) is 4.74 Å². The van der Waals surface area contributed by atoms with E-state index in [2.05, 4.69) is 9.88 Å². The number of hydrogen-bond acceptors (Lipinski definition) is 5. The molecule has 2 rings (SSSR count). The van der Waals surface area contributed by atoms with Crippen molar-refractivity contribution < 1.29 is 14.6 Å². The predicted octanol–water partition coefficient (Wildman–Crippen LogP) is 2.25. The van der Waals surface area contributed by atoms with Crippen LogP contribution >= 0.6 is 0 Å². The van der Waals surface area contributed by atoms with Gasteiger partial charge in [-0.2, -0.15) is 0 Å². The third-order valence-corrected chi connectivity index (χ3v) is 4.29. The van der Waals surface area contributed by atoms with E-state index >= 15 is 0 Å². The van der Waals surface area contributed by atoms with Crippen molar-refractivity contribution in [3.05, 3.63) is 23.9 Å². The molecule has 1 aromatic rings. The molecule has 0 spiro atoms. The average molecular weight is 292 g/mol. The van der Waals surface area contributed by atoms with Gasteiger partial charge in [0.05, 0.1) is 12.2 Å². The van der Waals surface area contributed by atoms with Gasteiger partial charge in [-0.1, -0.05) is 13.8 Å². The first-order chi connectivity index (χ1) is 9.98. The third kappa shape index (κ3) is 3.35. The van der Waals surface area contributed by atoms with E-state index in [1.807, 2.05) is 13.8 Å². The van der Waals surface area contributed by atoms with E-state index in [1.165, 1.54) is 0 Å². The molecule has 21 heavy (non-hydrogen) atoms. The number of aliphatic hydroxyl groups is 1. The lowest BCUT2D eigenvalue weighted by molar-refractivity contribution is -0.0263. The second-order valence-electron chi connectivity index (χ2n) is 5.84. The SMILES string of the molecule is CCOC(=O)c1cccnc1N1CCC(O)(C(C)C)CC1. The van der Waals surface area contributed by atoms with Crippen LogP contribution in [0.4, 0.5) is 5.82 Å². The molecule has 5 nitrogen and oxygen atoms in total. The number of esters is 1. The Bertz CT molecular complexity index is 494. The highest BCUT2D eigenvalue weighted by molar-refractivity contribution is 5.94. The second-order valence-corrected chi connectivity index (χ2v) is 5.84. The predicted molar refractivity (Wildman–Crippen MR) is 81.4 cm³/mol. The van der Waals surface area contributed by atoms with Crippen LogP contribution in [0, 0.1) is 5.92 Å². The number of nitrogens with zero attached hydrogens (tertiary/aromatic N) is 2.